The summed E-state index contributed by atoms with van der Waals surface area (Å²) in [6.45, 7) is 4.48. The van der Waals surface area contributed by atoms with Crippen LogP contribution in [0.3, 0.4) is 0 Å². The maximum Gasteiger partial charge on any atom is 0.255 e. The van der Waals surface area contributed by atoms with Crippen molar-refractivity contribution in [2.24, 2.45) is 0 Å². The van der Waals surface area contributed by atoms with Crippen molar-refractivity contribution >= 4 is 46.7 Å². The predicted molar refractivity (Wildman–Crippen MR) is 293 cm³/mol. The minimum atomic E-state index is -1.74. The van der Waals surface area contributed by atoms with E-state index in [0.717, 1.165) is 35.4 Å². The SMILES string of the molecule is C[C@@H](SC1COC(c2ccc(C(=O)Nc3ccc(F)cc3)cc2)OC1)[C@](O)(Cn1cncn1)c1ccc(F)cc1F.C[C@@H](SC1COC(c2ccc(C(=O)Nc3ccc(F)cc3)cc2)OC1)[C@](O)(Cn1cncn1)c1ccc(F)cc1F. The quantitative estimate of drug-likeness (QED) is 0.0592. The average Bonchev–Trinajstić information content (AvgIpc) is 4.35. The number of anilines is 2. The maximum atomic E-state index is 14.8. The lowest BCUT2D eigenvalue weighted by Crippen LogP contribution is -2.43. The molecule has 4 heterocycles. The number of nitrogens with zero attached hydrogens (tertiary/aromatic N) is 6. The fraction of sp³-hybridized carbons (Fsp3) is 0.276. The third kappa shape index (κ3) is 14.8. The lowest BCUT2D eigenvalue weighted by atomic mass is 9.90. The second-order valence-corrected chi connectivity index (χ2v) is 22.5. The number of amides is 2. The van der Waals surface area contributed by atoms with Gasteiger partial charge in [-0.1, -0.05) is 50.2 Å². The van der Waals surface area contributed by atoms with Crippen LogP contribution >= 0.6 is 23.5 Å². The van der Waals surface area contributed by atoms with Crippen molar-refractivity contribution in [2.45, 2.75) is 71.7 Å². The van der Waals surface area contributed by atoms with E-state index in [1.807, 2.05) is 0 Å². The first-order valence-electron chi connectivity index (χ1n) is 25.5. The van der Waals surface area contributed by atoms with Crippen LogP contribution in [0.1, 0.15) is 69.4 Å². The predicted octanol–water partition coefficient (Wildman–Crippen LogP) is 10.1. The summed E-state index contributed by atoms with van der Waals surface area (Å²) in [4.78, 5) is 32.8. The van der Waals surface area contributed by atoms with Gasteiger partial charge in [0.2, 0.25) is 0 Å². The van der Waals surface area contributed by atoms with E-state index >= 15 is 0 Å². The Bertz CT molecular complexity index is 3160. The van der Waals surface area contributed by atoms with E-state index in [0.29, 0.717) is 22.5 Å². The normalized spacial score (nSPS) is 19.3. The highest BCUT2D eigenvalue weighted by atomic mass is 32.2. The number of carbonyl (C=O) groups excluding carboxylic acids is 2. The van der Waals surface area contributed by atoms with Gasteiger partial charge in [-0.2, -0.15) is 10.2 Å². The topological polar surface area (TPSA) is 197 Å². The molecule has 0 spiro atoms. The number of ether oxygens (including phenoxy) is 4. The van der Waals surface area contributed by atoms with E-state index in [1.54, 1.807) is 62.4 Å². The minimum Gasteiger partial charge on any atom is -0.382 e. The number of nitrogens with one attached hydrogen (secondary N) is 2. The number of aliphatic hydroxyl groups is 2. The first-order valence-corrected chi connectivity index (χ1v) is 27.4. The van der Waals surface area contributed by atoms with Crippen molar-refractivity contribution in [1.29, 1.82) is 0 Å². The fourth-order valence-corrected chi connectivity index (χ4v) is 11.7. The molecule has 2 amide bonds. The van der Waals surface area contributed by atoms with Crippen LogP contribution in [-0.4, -0.2) is 99.0 Å². The van der Waals surface area contributed by atoms with Gasteiger partial charge in [0, 0.05) is 67.4 Å². The fourth-order valence-electron chi connectivity index (χ4n) is 9.04. The molecule has 0 bridgehead atoms. The first-order chi connectivity index (χ1) is 39.4. The summed E-state index contributed by atoms with van der Waals surface area (Å²) in [6, 6.07) is 30.7. The summed E-state index contributed by atoms with van der Waals surface area (Å²) in [7, 11) is 0. The summed E-state index contributed by atoms with van der Waals surface area (Å²) in [6.07, 6.45) is 4.15. The van der Waals surface area contributed by atoms with Crippen LogP contribution in [0.4, 0.5) is 37.7 Å². The van der Waals surface area contributed by atoms with Gasteiger partial charge in [0.05, 0.1) is 50.0 Å². The second kappa shape index (κ2) is 26.7. The zero-order chi connectivity index (χ0) is 58.0. The largest absolute Gasteiger partial charge is 0.382 e. The zero-order valence-corrected chi connectivity index (χ0v) is 45.5. The summed E-state index contributed by atoms with van der Waals surface area (Å²) >= 11 is 2.73. The Kier molecular flexibility index (Phi) is 19.2. The standard InChI is InChI=1S/2C29H27F3N4O4S/c2*1-18(29(38,15-36-17-33-16-34-36)25-11-8-22(31)12-26(25)32)41-24-13-39-28(40-14-24)20-4-2-19(3-5-20)27(37)35-23-9-6-21(30)7-10-23/h2*2-12,16-18,24,28,38H,13-15H2,1H3,(H,35,37)/t2*18-,24?,28?,29-/m11/s1. The first kappa shape index (κ1) is 59.2. The molecule has 2 fully saturated rings. The Labute approximate surface area is 475 Å². The molecule has 2 aliphatic rings. The molecule has 0 saturated carbocycles. The molecule has 10 rings (SSSR count). The number of hydrogen-bond acceptors (Lipinski definition) is 14. The number of aromatic nitrogens is 6. The van der Waals surface area contributed by atoms with Gasteiger partial charge in [-0.25, -0.2) is 45.7 Å². The molecule has 2 saturated heterocycles. The molecule has 0 radical (unpaired) electrons. The molecule has 2 aromatic heterocycles. The molecule has 4 N–H and O–H groups in total. The van der Waals surface area contributed by atoms with Crippen LogP contribution in [0.2, 0.25) is 0 Å². The van der Waals surface area contributed by atoms with Crippen LogP contribution in [0.5, 0.6) is 0 Å². The van der Waals surface area contributed by atoms with E-state index in [1.165, 1.54) is 119 Å². The summed E-state index contributed by atoms with van der Waals surface area (Å²) < 4.78 is 110. The van der Waals surface area contributed by atoms with Gasteiger partial charge in [-0.05, 0) is 84.9 Å². The van der Waals surface area contributed by atoms with Crippen molar-refractivity contribution < 1.29 is 65.1 Å². The Morgan fingerprint density at radius 3 is 1.20 bits per heavy atom. The third-order valence-electron chi connectivity index (χ3n) is 13.5. The molecule has 4 atom stereocenters. The van der Waals surface area contributed by atoms with Crippen LogP contribution < -0.4 is 10.6 Å². The van der Waals surface area contributed by atoms with Gasteiger partial charge in [0.15, 0.2) is 12.6 Å². The second-order valence-electron chi connectivity index (χ2n) is 19.2. The Morgan fingerprint density at radius 2 is 0.878 bits per heavy atom. The molecule has 24 heteroatoms. The molecule has 428 valence electrons. The third-order valence-corrected chi connectivity index (χ3v) is 16.4. The highest BCUT2D eigenvalue weighted by molar-refractivity contribution is 8.00. The van der Waals surface area contributed by atoms with Crippen LogP contribution in [-0.2, 0) is 43.2 Å². The highest BCUT2D eigenvalue weighted by Crippen LogP contribution is 2.42. The van der Waals surface area contributed by atoms with Gasteiger partial charge >= 0.3 is 0 Å². The molecule has 6 aromatic carbocycles. The van der Waals surface area contributed by atoms with E-state index in [2.05, 4.69) is 30.8 Å². The van der Waals surface area contributed by atoms with Crippen LogP contribution in [0.25, 0.3) is 0 Å². The van der Waals surface area contributed by atoms with Crippen molar-refractivity contribution in [3.63, 3.8) is 0 Å². The number of halogens is 6. The number of carbonyl (C=O) groups is 2. The molecule has 82 heavy (non-hydrogen) atoms. The molecular formula is C58H54F6N8O8S2. The lowest BCUT2D eigenvalue weighted by molar-refractivity contribution is -0.180. The summed E-state index contributed by atoms with van der Waals surface area (Å²) in [5, 5.41) is 35.4. The minimum absolute atomic E-state index is 0.0477. The van der Waals surface area contributed by atoms with Gasteiger partial charge in [0.25, 0.3) is 11.8 Å². The van der Waals surface area contributed by atoms with E-state index < -0.39 is 57.6 Å². The molecule has 0 aliphatic carbocycles. The van der Waals surface area contributed by atoms with Crippen molar-refractivity contribution in [1.82, 2.24) is 29.5 Å². The van der Waals surface area contributed by atoms with Gasteiger partial charge in [-0.3, -0.25) is 9.59 Å². The van der Waals surface area contributed by atoms with Crippen LogP contribution in [0, 0.1) is 34.9 Å². The van der Waals surface area contributed by atoms with E-state index in [-0.39, 0.29) is 84.6 Å². The Morgan fingerprint density at radius 1 is 0.537 bits per heavy atom. The van der Waals surface area contributed by atoms with Gasteiger partial charge < -0.3 is 39.8 Å². The Hall–Kier alpha value is -7.42. The van der Waals surface area contributed by atoms with Crippen molar-refractivity contribution in [3.05, 3.63) is 227 Å². The maximum absolute atomic E-state index is 14.8. The lowest BCUT2D eigenvalue weighted by Gasteiger charge is -2.37. The van der Waals surface area contributed by atoms with Gasteiger partial charge in [-0.15, -0.1) is 23.5 Å². The van der Waals surface area contributed by atoms with Crippen molar-refractivity contribution in [2.75, 3.05) is 37.1 Å². The summed E-state index contributed by atoms with van der Waals surface area (Å²) in [5.74, 6) is -4.65. The molecule has 16 nitrogen and oxygen atoms in total. The molecule has 2 aliphatic heterocycles. The average molecular weight is 1170 g/mol. The van der Waals surface area contributed by atoms with Crippen LogP contribution in [0.15, 0.2) is 159 Å². The van der Waals surface area contributed by atoms with E-state index in [9.17, 15) is 46.1 Å². The van der Waals surface area contributed by atoms with Crippen molar-refractivity contribution in [3.8, 4) is 0 Å². The Balaban J connectivity index is 0.000000198. The monoisotopic (exact) mass is 1170 g/mol. The van der Waals surface area contributed by atoms with E-state index in [4.69, 9.17) is 18.9 Å². The van der Waals surface area contributed by atoms with Gasteiger partial charge in [0.1, 0.15) is 71.4 Å². The number of rotatable bonds is 18. The molecular weight excluding hydrogens is 1110 g/mol. The summed E-state index contributed by atoms with van der Waals surface area (Å²) in [5.41, 5.74) is -0.352. The number of benzene rings is 6. The molecule has 0 unspecified atom stereocenters. The smallest absolute Gasteiger partial charge is 0.255 e. The number of thioether (sulfide) groups is 2. The highest BCUT2D eigenvalue weighted by Gasteiger charge is 2.43. The molecule has 8 aromatic rings. The zero-order valence-electron chi connectivity index (χ0n) is 43.8. The number of hydrogen-bond donors (Lipinski definition) is 4.